The van der Waals surface area contributed by atoms with Crippen LogP contribution in [0.1, 0.15) is 85.0 Å². The molecule has 0 bridgehead atoms. The van der Waals surface area contributed by atoms with Crippen LogP contribution in [-0.2, 0) is 42.8 Å². The number of carbonyl (C=O) groups is 3. The summed E-state index contributed by atoms with van der Waals surface area (Å²) in [4.78, 5) is 41.1. The zero-order valence-electron chi connectivity index (χ0n) is 30.8. The maximum absolute atomic E-state index is 13.8. The van der Waals surface area contributed by atoms with Gasteiger partial charge < -0.3 is 64.2 Å². The van der Waals surface area contributed by atoms with Gasteiger partial charge in [0, 0.05) is 20.0 Å². The van der Waals surface area contributed by atoms with E-state index in [0.29, 0.717) is 32.4 Å². The van der Waals surface area contributed by atoms with Crippen molar-refractivity contribution in [2.75, 3.05) is 26.8 Å². The zero-order valence-corrected chi connectivity index (χ0v) is 30.8. The van der Waals surface area contributed by atoms with Crippen molar-refractivity contribution in [1.29, 1.82) is 0 Å². The summed E-state index contributed by atoms with van der Waals surface area (Å²) in [6, 6.07) is -1.17. The van der Waals surface area contributed by atoms with Crippen LogP contribution in [0, 0.1) is 17.8 Å². The molecule has 0 radical (unpaired) electrons. The molecular weight excluding hydrogens is 684 g/mol. The van der Waals surface area contributed by atoms with Crippen molar-refractivity contribution in [3.8, 4) is 0 Å². The van der Waals surface area contributed by atoms with Gasteiger partial charge in [-0.3, -0.25) is 14.4 Å². The summed E-state index contributed by atoms with van der Waals surface area (Å²) in [5.41, 5.74) is 0. The molecule has 3 saturated heterocycles. The van der Waals surface area contributed by atoms with Crippen molar-refractivity contribution in [1.82, 2.24) is 10.2 Å². The maximum Gasteiger partial charge on any atom is 0.308 e. The molecule has 5 aliphatic rings. The Morgan fingerprint density at radius 3 is 2.19 bits per heavy atom. The standard InChI is InChI=1S/C36H60N2O14/c1-5-21-15-22(34(46)47-4)16-23(31(21)52-36-30(44)29(43)27(41)18(2)48-36)50-35-26(37-19(3)40)32(28(42)25(17-39)51-35)49-24(33(45)38-12-9-13-38)14-20-10-7-6-8-11-20/h18,20-32,35-36,39,41-44H,5-17H2,1-4H3,(H,37,40)/t18-,21?,22?,23+,24-,25?,26?,27?,28-,29?,30-,31?,32?,35+,36?/m0/s1. The van der Waals surface area contributed by atoms with Gasteiger partial charge in [0.2, 0.25) is 5.91 Å². The lowest BCUT2D eigenvalue weighted by Gasteiger charge is -2.49. The molecule has 15 atom stereocenters. The second-order valence-electron chi connectivity index (χ2n) is 15.3. The number of ether oxygens (including phenoxy) is 6. The third kappa shape index (κ3) is 9.44. The molecule has 298 valence electrons. The molecule has 5 rings (SSSR count). The molecule has 16 heteroatoms. The van der Waals surface area contributed by atoms with Gasteiger partial charge in [-0.25, -0.2) is 0 Å². The Bertz CT molecular complexity index is 1190. The van der Waals surface area contributed by atoms with Crippen molar-refractivity contribution in [2.45, 2.75) is 165 Å². The Kier molecular flexibility index (Phi) is 14.7. The molecule has 0 spiro atoms. The Morgan fingerprint density at radius 1 is 0.885 bits per heavy atom. The number of amides is 2. The van der Waals surface area contributed by atoms with E-state index >= 15 is 0 Å². The van der Waals surface area contributed by atoms with Crippen LogP contribution in [0.3, 0.4) is 0 Å². The van der Waals surface area contributed by atoms with E-state index in [-0.39, 0.29) is 24.2 Å². The molecule has 52 heavy (non-hydrogen) atoms. The lowest BCUT2D eigenvalue weighted by atomic mass is 9.76. The molecule has 2 amide bonds. The summed E-state index contributed by atoms with van der Waals surface area (Å²) in [6.45, 7) is 5.32. The van der Waals surface area contributed by atoms with Crippen molar-refractivity contribution in [3.63, 3.8) is 0 Å². The van der Waals surface area contributed by atoms with Crippen LogP contribution in [0.5, 0.6) is 0 Å². The average Bonchev–Trinajstić information content (AvgIpc) is 3.11. The Balaban J connectivity index is 1.45. The first-order valence-corrected chi connectivity index (χ1v) is 19.1. The predicted molar refractivity (Wildman–Crippen MR) is 181 cm³/mol. The maximum atomic E-state index is 13.8. The van der Waals surface area contributed by atoms with Gasteiger partial charge in [0.1, 0.15) is 48.8 Å². The van der Waals surface area contributed by atoms with Gasteiger partial charge in [0.15, 0.2) is 12.6 Å². The zero-order chi connectivity index (χ0) is 37.7. The minimum atomic E-state index is -1.60. The third-order valence-corrected chi connectivity index (χ3v) is 11.7. The first kappa shape index (κ1) is 41.2. The van der Waals surface area contributed by atoms with Crippen LogP contribution in [0.2, 0.25) is 0 Å². The van der Waals surface area contributed by atoms with E-state index in [2.05, 4.69) is 5.32 Å². The van der Waals surface area contributed by atoms with Crippen molar-refractivity contribution >= 4 is 17.8 Å². The van der Waals surface area contributed by atoms with Crippen LogP contribution in [0.25, 0.3) is 0 Å². The molecule has 3 heterocycles. The molecule has 6 N–H and O–H groups in total. The second kappa shape index (κ2) is 18.6. The number of rotatable bonds is 13. The topological polar surface area (TPSA) is 223 Å². The SMILES string of the molecule is CCC1CC(C(=O)OC)C[C@@H](O[C@@H]2OC(CO)[C@H](O)C(O[C@@H](CC3CCCCC3)C(=O)N3CCC3)C2NC(C)=O)C1OC1O[C@@H](C)C(O)C(O)[C@@H]1O. The van der Waals surface area contributed by atoms with Gasteiger partial charge in [0.25, 0.3) is 5.91 Å². The van der Waals surface area contributed by atoms with E-state index in [1.807, 2.05) is 6.92 Å². The number of hydrogen-bond acceptors (Lipinski definition) is 14. The van der Waals surface area contributed by atoms with Gasteiger partial charge in [-0.1, -0.05) is 45.4 Å². The molecule has 16 nitrogen and oxygen atoms in total. The smallest absolute Gasteiger partial charge is 0.308 e. The number of aliphatic hydroxyl groups is 5. The van der Waals surface area contributed by atoms with Gasteiger partial charge in [-0.05, 0) is 44.4 Å². The van der Waals surface area contributed by atoms with Crippen LogP contribution < -0.4 is 5.32 Å². The van der Waals surface area contributed by atoms with E-state index in [4.69, 9.17) is 28.4 Å². The molecule has 2 saturated carbocycles. The van der Waals surface area contributed by atoms with Crippen LogP contribution in [0.4, 0.5) is 0 Å². The van der Waals surface area contributed by atoms with Crippen LogP contribution in [0.15, 0.2) is 0 Å². The molecule has 5 fully saturated rings. The van der Waals surface area contributed by atoms with E-state index in [0.717, 1.165) is 38.5 Å². The quantitative estimate of drug-likeness (QED) is 0.134. The second-order valence-corrected chi connectivity index (χ2v) is 15.3. The first-order valence-electron chi connectivity index (χ1n) is 19.1. The summed E-state index contributed by atoms with van der Waals surface area (Å²) in [5, 5.41) is 56.3. The molecule has 2 aliphatic carbocycles. The largest absolute Gasteiger partial charge is 0.469 e. The fourth-order valence-corrected chi connectivity index (χ4v) is 8.46. The van der Waals surface area contributed by atoms with E-state index < -0.39 is 104 Å². The minimum Gasteiger partial charge on any atom is -0.469 e. The predicted octanol–water partition coefficient (Wildman–Crippen LogP) is -0.267. The Hall–Kier alpha value is -1.99. The fraction of sp³-hybridized carbons (Fsp3) is 0.917. The highest BCUT2D eigenvalue weighted by atomic mass is 16.7. The van der Waals surface area contributed by atoms with Crippen molar-refractivity contribution in [3.05, 3.63) is 0 Å². The van der Waals surface area contributed by atoms with Crippen molar-refractivity contribution in [2.24, 2.45) is 17.8 Å². The Morgan fingerprint density at radius 2 is 1.60 bits per heavy atom. The summed E-state index contributed by atoms with van der Waals surface area (Å²) < 4.78 is 36.5. The molecule has 0 aromatic rings. The summed E-state index contributed by atoms with van der Waals surface area (Å²) >= 11 is 0. The van der Waals surface area contributed by atoms with Gasteiger partial charge in [-0.2, -0.15) is 0 Å². The number of methoxy groups -OCH3 is 1. The monoisotopic (exact) mass is 744 g/mol. The van der Waals surface area contributed by atoms with E-state index in [1.54, 1.807) is 4.90 Å². The molecule has 3 aliphatic heterocycles. The highest BCUT2D eigenvalue weighted by Gasteiger charge is 2.53. The van der Waals surface area contributed by atoms with Gasteiger partial charge in [0.05, 0.1) is 37.9 Å². The average molecular weight is 745 g/mol. The van der Waals surface area contributed by atoms with Crippen LogP contribution in [-0.4, -0.2) is 155 Å². The number of aliphatic hydroxyl groups excluding tert-OH is 5. The number of esters is 1. The fourth-order valence-electron chi connectivity index (χ4n) is 8.46. The normalized spacial score (nSPS) is 40.8. The van der Waals surface area contributed by atoms with Gasteiger partial charge in [-0.15, -0.1) is 0 Å². The highest BCUT2D eigenvalue weighted by Crippen LogP contribution is 2.40. The highest BCUT2D eigenvalue weighted by molar-refractivity contribution is 5.81. The minimum absolute atomic E-state index is 0.0691. The number of nitrogens with one attached hydrogen (secondary N) is 1. The summed E-state index contributed by atoms with van der Waals surface area (Å²) in [6.07, 6.45) is -7.30. The number of hydrogen-bond donors (Lipinski definition) is 6. The summed E-state index contributed by atoms with van der Waals surface area (Å²) in [5.74, 6) is -1.85. The van der Waals surface area contributed by atoms with Crippen molar-refractivity contribution < 1.29 is 68.3 Å². The molecule has 0 aromatic heterocycles. The summed E-state index contributed by atoms with van der Waals surface area (Å²) in [7, 11) is 1.29. The number of nitrogens with zero attached hydrogens (tertiary/aromatic N) is 1. The first-order chi connectivity index (χ1) is 24.9. The molecule has 9 unspecified atom stereocenters. The van der Waals surface area contributed by atoms with Crippen LogP contribution >= 0.6 is 0 Å². The van der Waals surface area contributed by atoms with E-state index in [9.17, 15) is 39.9 Å². The number of likely N-dealkylation sites (tertiary alicyclic amines) is 1. The number of carbonyl (C=O) groups excluding carboxylic acids is 3. The lowest BCUT2D eigenvalue weighted by Crippen LogP contribution is -2.67. The van der Waals surface area contributed by atoms with Gasteiger partial charge >= 0.3 is 5.97 Å². The third-order valence-electron chi connectivity index (χ3n) is 11.7. The molecule has 0 aromatic carbocycles. The lowest BCUT2D eigenvalue weighted by molar-refractivity contribution is -0.338. The Labute approximate surface area is 305 Å². The molecular formula is C36H60N2O14. The van der Waals surface area contributed by atoms with E-state index in [1.165, 1.54) is 21.0 Å².